The molecule has 0 aromatic heterocycles. The predicted molar refractivity (Wildman–Crippen MR) is 77.6 cm³/mol. The number of carbonyl (C=O) groups is 2. The number of nitrogens with one attached hydrogen (secondary N) is 1. The van der Waals surface area contributed by atoms with Gasteiger partial charge in [-0.25, -0.2) is 0 Å². The van der Waals surface area contributed by atoms with Gasteiger partial charge < -0.3 is 10.4 Å². The van der Waals surface area contributed by atoms with Crippen molar-refractivity contribution in [3.05, 3.63) is 35.4 Å². The van der Waals surface area contributed by atoms with Crippen LogP contribution in [0.5, 0.6) is 0 Å². The minimum absolute atomic E-state index is 0.0387. The molecule has 0 aliphatic carbocycles. The van der Waals surface area contributed by atoms with Gasteiger partial charge in [-0.3, -0.25) is 14.5 Å². The smallest absolute Gasteiger partial charge is 0.416 e. The molecular formula is C15H19F3N2O3. The number of halogens is 3. The van der Waals surface area contributed by atoms with Gasteiger partial charge in [0.15, 0.2) is 0 Å². The lowest BCUT2D eigenvalue weighted by molar-refractivity contribution is -0.143. The Morgan fingerprint density at radius 3 is 2.52 bits per heavy atom. The summed E-state index contributed by atoms with van der Waals surface area (Å²) in [6.45, 7) is 3.24. The fourth-order valence-corrected chi connectivity index (χ4v) is 2.02. The van der Waals surface area contributed by atoms with E-state index in [-0.39, 0.29) is 25.5 Å². The molecule has 0 aliphatic heterocycles. The van der Waals surface area contributed by atoms with Crippen molar-refractivity contribution in [2.24, 2.45) is 0 Å². The number of aliphatic carboxylic acids is 1. The zero-order valence-electron chi connectivity index (χ0n) is 12.9. The average Bonchev–Trinajstić information content (AvgIpc) is 2.44. The molecule has 8 heteroatoms. The molecule has 1 rings (SSSR count). The Morgan fingerprint density at radius 1 is 1.35 bits per heavy atom. The number of benzene rings is 1. The number of alkyl halides is 3. The third kappa shape index (κ3) is 6.27. The molecule has 0 saturated heterocycles. The maximum Gasteiger partial charge on any atom is 0.416 e. The van der Waals surface area contributed by atoms with E-state index in [1.54, 1.807) is 0 Å². The Balaban J connectivity index is 2.87. The summed E-state index contributed by atoms with van der Waals surface area (Å²) in [5.41, 5.74) is -0.421. The highest BCUT2D eigenvalue weighted by molar-refractivity contribution is 5.73. The van der Waals surface area contributed by atoms with E-state index in [9.17, 15) is 22.8 Å². The van der Waals surface area contributed by atoms with Gasteiger partial charge in [-0.15, -0.1) is 0 Å². The molecule has 1 unspecified atom stereocenters. The third-order valence-corrected chi connectivity index (χ3v) is 3.32. The second-order valence-electron chi connectivity index (χ2n) is 5.17. The van der Waals surface area contributed by atoms with Crippen LogP contribution in [-0.2, 0) is 22.3 Å². The highest BCUT2D eigenvalue weighted by Gasteiger charge is 2.30. The van der Waals surface area contributed by atoms with E-state index in [1.807, 2.05) is 0 Å². The minimum atomic E-state index is -4.45. The molecule has 1 aromatic carbocycles. The van der Waals surface area contributed by atoms with Gasteiger partial charge in [0.2, 0.25) is 5.91 Å². The lowest BCUT2D eigenvalue weighted by Crippen LogP contribution is -2.42. The van der Waals surface area contributed by atoms with E-state index in [0.29, 0.717) is 5.56 Å². The van der Waals surface area contributed by atoms with Crippen molar-refractivity contribution in [2.75, 3.05) is 13.1 Å². The van der Waals surface area contributed by atoms with Crippen LogP contribution in [0.3, 0.4) is 0 Å². The fraction of sp³-hybridized carbons (Fsp3) is 0.467. The Kier molecular flexibility index (Phi) is 6.56. The molecule has 1 aromatic rings. The van der Waals surface area contributed by atoms with Crippen molar-refractivity contribution in [1.82, 2.24) is 10.2 Å². The monoisotopic (exact) mass is 332 g/mol. The Hall–Kier alpha value is -2.09. The van der Waals surface area contributed by atoms with Crippen LogP contribution in [0.25, 0.3) is 0 Å². The maximum absolute atomic E-state index is 12.7. The minimum Gasteiger partial charge on any atom is -0.480 e. The Bertz CT molecular complexity index is 561. The number of amides is 1. The van der Waals surface area contributed by atoms with Gasteiger partial charge in [-0.1, -0.05) is 18.2 Å². The molecule has 0 heterocycles. The predicted octanol–water partition coefficient (Wildman–Crippen LogP) is 2.12. The number of hydrogen-bond acceptors (Lipinski definition) is 3. The molecule has 0 radical (unpaired) electrons. The summed E-state index contributed by atoms with van der Waals surface area (Å²) in [6, 6.07) is 3.87. The van der Waals surface area contributed by atoms with Crippen molar-refractivity contribution in [3.63, 3.8) is 0 Å². The highest BCUT2D eigenvalue weighted by atomic mass is 19.4. The van der Waals surface area contributed by atoms with Crippen LogP contribution in [0, 0.1) is 0 Å². The summed E-state index contributed by atoms with van der Waals surface area (Å²) < 4.78 is 38.2. The summed E-state index contributed by atoms with van der Waals surface area (Å²) in [5, 5.41) is 11.7. The number of carboxylic acid groups (broad SMARTS) is 1. The van der Waals surface area contributed by atoms with E-state index in [0.717, 1.165) is 12.1 Å². The van der Waals surface area contributed by atoms with Gasteiger partial charge in [0.25, 0.3) is 0 Å². The van der Waals surface area contributed by atoms with Crippen molar-refractivity contribution in [3.8, 4) is 0 Å². The standard InChI is InChI=1S/C15H19F3N2O3/c1-10(14(22)23)20(7-6-19-11(2)21)9-12-4-3-5-13(8-12)15(16,17)18/h3-5,8,10H,6-7,9H2,1-2H3,(H,19,21)(H,22,23). The summed E-state index contributed by atoms with van der Waals surface area (Å²) in [4.78, 5) is 23.5. The molecule has 0 bridgehead atoms. The second-order valence-corrected chi connectivity index (χ2v) is 5.17. The van der Waals surface area contributed by atoms with Gasteiger partial charge >= 0.3 is 12.1 Å². The lowest BCUT2D eigenvalue weighted by Gasteiger charge is -2.26. The van der Waals surface area contributed by atoms with Crippen LogP contribution in [-0.4, -0.2) is 41.0 Å². The summed E-state index contributed by atoms with van der Waals surface area (Å²) in [7, 11) is 0. The van der Waals surface area contributed by atoms with Gasteiger partial charge in [-0.2, -0.15) is 13.2 Å². The SMILES string of the molecule is CC(=O)NCCN(Cc1cccc(C(F)(F)F)c1)C(C)C(=O)O. The number of carboxylic acids is 1. The largest absolute Gasteiger partial charge is 0.480 e. The topological polar surface area (TPSA) is 69.6 Å². The molecule has 128 valence electrons. The van der Waals surface area contributed by atoms with Crippen LogP contribution >= 0.6 is 0 Å². The normalized spacial score (nSPS) is 13.0. The first-order chi connectivity index (χ1) is 10.6. The fourth-order valence-electron chi connectivity index (χ4n) is 2.02. The van der Waals surface area contributed by atoms with Crippen molar-refractivity contribution < 1.29 is 27.9 Å². The summed E-state index contributed by atoms with van der Waals surface area (Å²) in [5.74, 6) is -1.34. The van der Waals surface area contributed by atoms with Gasteiger partial charge in [0.1, 0.15) is 6.04 Å². The molecule has 5 nitrogen and oxygen atoms in total. The van der Waals surface area contributed by atoms with E-state index in [2.05, 4.69) is 5.32 Å². The van der Waals surface area contributed by atoms with Crippen LogP contribution in [0.15, 0.2) is 24.3 Å². The van der Waals surface area contributed by atoms with Crippen LogP contribution in [0.4, 0.5) is 13.2 Å². The van der Waals surface area contributed by atoms with Crippen molar-refractivity contribution in [2.45, 2.75) is 32.6 Å². The van der Waals surface area contributed by atoms with Gasteiger partial charge in [0.05, 0.1) is 5.56 Å². The molecule has 1 amide bonds. The van der Waals surface area contributed by atoms with Crippen LogP contribution in [0.1, 0.15) is 25.0 Å². The van der Waals surface area contributed by atoms with E-state index >= 15 is 0 Å². The second kappa shape index (κ2) is 7.96. The van der Waals surface area contributed by atoms with Gasteiger partial charge in [0, 0.05) is 26.6 Å². The molecule has 0 aliphatic rings. The molecule has 0 fully saturated rings. The molecule has 2 N–H and O–H groups in total. The highest BCUT2D eigenvalue weighted by Crippen LogP contribution is 2.29. The van der Waals surface area contributed by atoms with E-state index in [4.69, 9.17) is 5.11 Å². The van der Waals surface area contributed by atoms with Crippen LogP contribution in [0.2, 0.25) is 0 Å². The molecular weight excluding hydrogens is 313 g/mol. The molecule has 0 saturated carbocycles. The Labute approximate surface area is 132 Å². The number of nitrogens with zero attached hydrogens (tertiary/aromatic N) is 1. The number of rotatable bonds is 7. The van der Waals surface area contributed by atoms with E-state index in [1.165, 1.54) is 30.9 Å². The first-order valence-electron chi connectivity index (χ1n) is 6.98. The lowest BCUT2D eigenvalue weighted by atomic mass is 10.1. The first kappa shape index (κ1) is 19.0. The number of hydrogen-bond donors (Lipinski definition) is 2. The molecule has 1 atom stereocenters. The van der Waals surface area contributed by atoms with E-state index < -0.39 is 23.8 Å². The summed E-state index contributed by atoms with van der Waals surface area (Å²) >= 11 is 0. The summed E-state index contributed by atoms with van der Waals surface area (Å²) in [6.07, 6.45) is -4.45. The third-order valence-electron chi connectivity index (χ3n) is 3.32. The van der Waals surface area contributed by atoms with Crippen LogP contribution < -0.4 is 5.32 Å². The maximum atomic E-state index is 12.7. The van der Waals surface area contributed by atoms with Gasteiger partial charge in [-0.05, 0) is 18.6 Å². The van der Waals surface area contributed by atoms with Crippen molar-refractivity contribution in [1.29, 1.82) is 0 Å². The quantitative estimate of drug-likeness (QED) is 0.802. The zero-order chi connectivity index (χ0) is 17.6. The Morgan fingerprint density at radius 2 is 2.00 bits per heavy atom. The molecule has 0 spiro atoms. The first-order valence-corrected chi connectivity index (χ1v) is 6.98. The zero-order valence-corrected chi connectivity index (χ0v) is 12.9. The number of carbonyl (C=O) groups excluding carboxylic acids is 1. The van der Waals surface area contributed by atoms with Crippen molar-refractivity contribution >= 4 is 11.9 Å². The average molecular weight is 332 g/mol. The molecule has 23 heavy (non-hydrogen) atoms.